The highest BCUT2D eigenvalue weighted by atomic mass is 16.2. The lowest BCUT2D eigenvalue weighted by molar-refractivity contribution is -0.122. The van der Waals surface area contributed by atoms with Gasteiger partial charge in [0.2, 0.25) is 5.91 Å². The molecule has 124 valence electrons. The minimum atomic E-state index is -0.447. The molecule has 0 unspecified atom stereocenters. The molecule has 2 aromatic carbocycles. The predicted molar refractivity (Wildman–Crippen MR) is 97.2 cm³/mol. The Morgan fingerprint density at radius 3 is 2.33 bits per heavy atom. The van der Waals surface area contributed by atoms with E-state index in [0.29, 0.717) is 0 Å². The Hall–Kier alpha value is -2.33. The molecule has 1 spiro atoms. The van der Waals surface area contributed by atoms with Gasteiger partial charge in [0.1, 0.15) is 5.54 Å². The zero-order valence-electron chi connectivity index (χ0n) is 13.8. The van der Waals surface area contributed by atoms with Crippen LogP contribution in [0.25, 0.3) is 0 Å². The van der Waals surface area contributed by atoms with Crippen LogP contribution in [-0.2, 0) is 11.2 Å². The molecule has 2 N–H and O–H groups in total. The Bertz CT molecular complexity index is 721. The number of hydrogen-bond donors (Lipinski definition) is 2. The molecule has 0 saturated carbocycles. The van der Waals surface area contributed by atoms with Gasteiger partial charge in [0.15, 0.2) is 0 Å². The summed E-state index contributed by atoms with van der Waals surface area (Å²) in [4.78, 5) is 15.1. The van der Waals surface area contributed by atoms with Gasteiger partial charge >= 0.3 is 0 Å². The van der Waals surface area contributed by atoms with E-state index < -0.39 is 5.54 Å². The minimum Gasteiger partial charge on any atom is -0.369 e. The van der Waals surface area contributed by atoms with E-state index in [9.17, 15) is 4.79 Å². The highest BCUT2D eigenvalue weighted by Crippen LogP contribution is 2.36. The van der Waals surface area contributed by atoms with Crippen molar-refractivity contribution in [2.45, 2.75) is 24.8 Å². The molecular weight excluding hydrogens is 298 g/mol. The van der Waals surface area contributed by atoms with Crippen molar-refractivity contribution in [2.75, 3.05) is 30.3 Å². The largest absolute Gasteiger partial charge is 0.369 e. The summed E-state index contributed by atoms with van der Waals surface area (Å²) in [6.45, 7) is 2.96. The monoisotopic (exact) mass is 321 g/mol. The van der Waals surface area contributed by atoms with Crippen molar-refractivity contribution < 1.29 is 4.79 Å². The van der Waals surface area contributed by atoms with E-state index >= 15 is 0 Å². The van der Waals surface area contributed by atoms with E-state index in [1.807, 2.05) is 24.3 Å². The second-order valence-corrected chi connectivity index (χ2v) is 6.78. The van der Waals surface area contributed by atoms with Gasteiger partial charge in [-0.15, -0.1) is 0 Å². The number of amides is 1. The van der Waals surface area contributed by atoms with Crippen molar-refractivity contribution in [3.05, 3.63) is 60.2 Å². The Labute approximate surface area is 142 Å². The first kappa shape index (κ1) is 15.2. The van der Waals surface area contributed by atoms with E-state index in [2.05, 4.69) is 45.9 Å². The Kier molecular flexibility index (Phi) is 3.98. The van der Waals surface area contributed by atoms with E-state index in [4.69, 9.17) is 0 Å². The Balaban J connectivity index is 1.38. The molecule has 1 amide bonds. The molecule has 0 bridgehead atoms. The molecule has 4 heteroatoms. The van der Waals surface area contributed by atoms with E-state index in [0.717, 1.165) is 50.3 Å². The molecule has 4 rings (SSSR count). The van der Waals surface area contributed by atoms with Crippen LogP contribution in [0, 0.1) is 0 Å². The summed E-state index contributed by atoms with van der Waals surface area (Å²) in [7, 11) is 0. The number of carbonyl (C=O) groups excluding carboxylic acids is 1. The third kappa shape index (κ3) is 2.89. The maximum atomic E-state index is 12.6. The highest BCUT2D eigenvalue weighted by molar-refractivity contribution is 6.06. The van der Waals surface area contributed by atoms with Gasteiger partial charge < -0.3 is 15.5 Å². The Morgan fingerprint density at radius 1 is 0.917 bits per heavy atom. The fourth-order valence-corrected chi connectivity index (χ4v) is 3.70. The fraction of sp³-hybridized carbons (Fsp3) is 0.350. The number of likely N-dealkylation sites (tertiary alicyclic amines) is 1. The number of rotatable bonds is 3. The molecular formula is C20H23N3O. The number of nitrogens with one attached hydrogen (secondary N) is 2. The lowest BCUT2D eigenvalue weighted by atomic mass is 9.84. The van der Waals surface area contributed by atoms with Crippen LogP contribution in [0.4, 0.5) is 11.4 Å². The fourth-order valence-electron chi connectivity index (χ4n) is 3.70. The zero-order chi connectivity index (χ0) is 16.4. The van der Waals surface area contributed by atoms with Gasteiger partial charge in [0.25, 0.3) is 0 Å². The van der Waals surface area contributed by atoms with Crippen LogP contribution in [0.2, 0.25) is 0 Å². The number of benzene rings is 2. The molecule has 2 aliphatic heterocycles. The lowest BCUT2D eigenvalue weighted by Crippen LogP contribution is -2.58. The normalized spacial score (nSPS) is 19.4. The van der Waals surface area contributed by atoms with Crippen LogP contribution < -0.4 is 10.6 Å². The molecule has 0 radical (unpaired) electrons. The van der Waals surface area contributed by atoms with Crippen LogP contribution in [0.5, 0.6) is 0 Å². The number of para-hydroxylation sites is 2. The smallest absolute Gasteiger partial charge is 0.250 e. The maximum Gasteiger partial charge on any atom is 0.250 e. The SMILES string of the molecule is O=C1Nc2ccccc2NC12CCN(CCc1ccccc1)CC2. The summed E-state index contributed by atoms with van der Waals surface area (Å²) in [5.74, 6) is 0.115. The summed E-state index contributed by atoms with van der Waals surface area (Å²) >= 11 is 0. The molecule has 0 atom stereocenters. The molecule has 1 fully saturated rings. The van der Waals surface area contributed by atoms with Crippen molar-refractivity contribution in [1.82, 2.24) is 4.90 Å². The van der Waals surface area contributed by atoms with Gasteiger partial charge in [-0.25, -0.2) is 0 Å². The van der Waals surface area contributed by atoms with Crippen molar-refractivity contribution in [2.24, 2.45) is 0 Å². The zero-order valence-corrected chi connectivity index (χ0v) is 13.8. The summed E-state index contributed by atoms with van der Waals surface area (Å²) in [6.07, 6.45) is 2.76. The molecule has 2 aliphatic rings. The van der Waals surface area contributed by atoms with Crippen molar-refractivity contribution in [3.8, 4) is 0 Å². The van der Waals surface area contributed by atoms with E-state index in [-0.39, 0.29) is 5.91 Å². The van der Waals surface area contributed by atoms with Crippen LogP contribution in [-0.4, -0.2) is 36.0 Å². The predicted octanol–water partition coefficient (Wildman–Crippen LogP) is 3.13. The van der Waals surface area contributed by atoms with Gasteiger partial charge in [-0.05, 0) is 37.0 Å². The van der Waals surface area contributed by atoms with Gasteiger partial charge in [-0.1, -0.05) is 42.5 Å². The first-order valence-corrected chi connectivity index (χ1v) is 8.70. The molecule has 0 aromatic heterocycles. The van der Waals surface area contributed by atoms with E-state index in [1.165, 1.54) is 5.56 Å². The average molecular weight is 321 g/mol. The second kappa shape index (κ2) is 6.29. The van der Waals surface area contributed by atoms with Gasteiger partial charge in [-0.3, -0.25) is 4.79 Å². The molecule has 4 nitrogen and oxygen atoms in total. The third-order valence-corrected chi connectivity index (χ3v) is 5.25. The van der Waals surface area contributed by atoms with Crippen molar-refractivity contribution in [3.63, 3.8) is 0 Å². The van der Waals surface area contributed by atoms with Crippen LogP contribution in [0.1, 0.15) is 18.4 Å². The third-order valence-electron chi connectivity index (χ3n) is 5.25. The van der Waals surface area contributed by atoms with Gasteiger partial charge in [0, 0.05) is 19.6 Å². The van der Waals surface area contributed by atoms with Gasteiger partial charge in [-0.2, -0.15) is 0 Å². The molecule has 1 saturated heterocycles. The quantitative estimate of drug-likeness (QED) is 0.913. The van der Waals surface area contributed by atoms with Crippen LogP contribution >= 0.6 is 0 Å². The number of anilines is 2. The van der Waals surface area contributed by atoms with Crippen LogP contribution in [0.3, 0.4) is 0 Å². The molecule has 0 aliphatic carbocycles. The number of carbonyl (C=O) groups is 1. The standard InChI is InChI=1S/C20H23N3O/c24-19-20(22-18-9-5-4-8-17(18)21-19)11-14-23(15-12-20)13-10-16-6-2-1-3-7-16/h1-9,22H,10-15H2,(H,21,24). The maximum absolute atomic E-state index is 12.6. The first-order chi connectivity index (χ1) is 11.8. The summed E-state index contributed by atoms with van der Waals surface area (Å²) in [5.41, 5.74) is 2.85. The number of nitrogens with zero attached hydrogens (tertiary/aromatic N) is 1. The molecule has 2 aromatic rings. The van der Waals surface area contributed by atoms with Crippen molar-refractivity contribution in [1.29, 1.82) is 0 Å². The topological polar surface area (TPSA) is 44.4 Å². The van der Waals surface area contributed by atoms with E-state index in [1.54, 1.807) is 0 Å². The second-order valence-electron chi connectivity index (χ2n) is 6.78. The number of piperidine rings is 1. The molecule has 2 heterocycles. The summed E-state index contributed by atoms with van der Waals surface area (Å²) in [5, 5.41) is 6.59. The lowest BCUT2D eigenvalue weighted by Gasteiger charge is -2.44. The first-order valence-electron chi connectivity index (χ1n) is 8.70. The van der Waals surface area contributed by atoms with Crippen LogP contribution in [0.15, 0.2) is 54.6 Å². The number of hydrogen-bond acceptors (Lipinski definition) is 3. The van der Waals surface area contributed by atoms with Crippen molar-refractivity contribution >= 4 is 17.3 Å². The molecule has 24 heavy (non-hydrogen) atoms. The average Bonchev–Trinajstić information content (AvgIpc) is 2.63. The summed E-state index contributed by atoms with van der Waals surface area (Å²) < 4.78 is 0. The minimum absolute atomic E-state index is 0.115. The number of fused-ring (bicyclic) bond motifs is 1. The summed E-state index contributed by atoms with van der Waals surface area (Å²) in [6, 6.07) is 18.5. The highest BCUT2D eigenvalue weighted by Gasteiger charge is 2.44. The Morgan fingerprint density at radius 2 is 1.58 bits per heavy atom. The van der Waals surface area contributed by atoms with Gasteiger partial charge in [0.05, 0.1) is 11.4 Å².